The number of sulfone groups is 1. The van der Waals surface area contributed by atoms with E-state index in [9.17, 15) is 18.6 Å². The predicted octanol–water partition coefficient (Wildman–Crippen LogP) is 2.55. The van der Waals surface area contributed by atoms with Crippen molar-refractivity contribution in [2.24, 2.45) is 0 Å². The number of aryl methyl sites for hydroxylation is 2. The van der Waals surface area contributed by atoms with E-state index in [1.807, 2.05) is 6.92 Å². The van der Waals surface area contributed by atoms with Crippen LogP contribution >= 0.6 is 0 Å². The first-order valence-corrected chi connectivity index (χ1v) is 7.15. The predicted molar refractivity (Wildman–Crippen MR) is 71.1 cm³/mol. The van der Waals surface area contributed by atoms with Gasteiger partial charge in [-0.3, -0.25) is 0 Å². The molecule has 0 radical (unpaired) electrons. The molecule has 0 aliphatic carbocycles. The largest absolute Gasteiger partial charge is 0.508 e. The average molecular weight is 278 g/mol. The molecule has 19 heavy (non-hydrogen) atoms. The summed E-state index contributed by atoms with van der Waals surface area (Å²) in [7, 11) is -3.79. The topological polar surface area (TPSA) is 74.6 Å². The van der Waals surface area contributed by atoms with Crippen molar-refractivity contribution in [1.29, 1.82) is 0 Å². The molecule has 100 valence electrons. The van der Waals surface area contributed by atoms with Crippen LogP contribution in [0.3, 0.4) is 0 Å². The highest BCUT2D eigenvalue weighted by atomic mass is 32.2. The number of phenolic OH excluding ortho intramolecular Hbond substituents is 2. The van der Waals surface area contributed by atoms with Crippen LogP contribution in [-0.2, 0) is 9.84 Å². The van der Waals surface area contributed by atoms with E-state index in [1.54, 1.807) is 12.1 Å². The van der Waals surface area contributed by atoms with Gasteiger partial charge in [0.1, 0.15) is 16.4 Å². The van der Waals surface area contributed by atoms with Crippen LogP contribution in [0, 0.1) is 13.8 Å². The summed E-state index contributed by atoms with van der Waals surface area (Å²) >= 11 is 0. The minimum Gasteiger partial charge on any atom is -0.508 e. The highest BCUT2D eigenvalue weighted by Crippen LogP contribution is 2.34. The Morgan fingerprint density at radius 3 is 2.05 bits per heavy atom. The molecular weight excluding hydrogens is 264 g/mol. The molecule has 0 spiro atoms. The van der Waals surface area contributed by atoms with Crippen molar-refractivity contribution in [2.75, 3.05) is 0 Å². The van der Waals surface area contributed by atoms with Gasteiger partial charge in [0.15, 0.2) is 0 Å². The summed E-state index contributed by atoms with van der Waals surface area (Å²) in [6, 6.07) is 8.71. The van der Waals surface area contributed by atoms with E-state index in [1.165, 1.54) is 25.1 Å². The first kappa shape index (κ1) is 13.4. The van der Waals surface area contributed by atoms with Crippen LogP contribution < -0.4 is 0 Å². The Hall–Kier alpha value is -2.01. The molecule has 0 amide bonds. The summed E-state index contributed by atoms with van der Waals surface area (Å²) in [6.45, 7) is 3.39. The smallest absolute Gasteiger partial charge is 0.210 e. The summed E-state index contributed by atoms with van der Waals surface area (Å²) in [5.41, 5.74) is 1.25. The van der Waals surface area contributed by atoms with Gasteiger partial charge in [0.2, 0.25) is 9.84 Å². The van der Waals surface area contributed by atoms with Crippen LogP contribution in [0.25, 0.3) is 0 Å². The van der Waals surface area contributed by atoms with Gasteiger partial charge in [-0.15, -0.1) is 0 Å². The second-order valence-electron chi connectivity index (χ2n) is 4.43. The van der Waals surface area contributed by atoms with Crippen LogP contribution in [0.4, 0.5) is 0 Å². The van der Waals surface area contributed by atoms with Crippen molar-refractivity contribution in [3.05, 3.63) is 47.5 Å². The fourth-order valence-electron chi connectivity index (χ4n) is 1.92. The lowest BCUT2D eigenvalue weighted by Crippen LogP contribution is -2.04. The molecule has 5 heteroatoms. The van der Waals surface area contributed by atoms with Crippen LogP contribution in [0.15, 0.2) is 46.2 Å². The van der Waals surface area contributed by atoms with Crippen molar-refractivity contribution in [2.45, 2.75) is 23.6 Å². The number of hydrogen-bond acceptors (Lipinski definition) is 4. The summed E-state index contributed by atoms with van der Waals surface area (Å²) in [4.78, 5) is -0.0589. The van der Waals surface area contributed by atoms with Gasteiger partial charge < -0.3 is 10.2 Å². The SMILES string of the molecule is Cc1ccc(S(=O)(=O)c2c(C)cc(O)cc2O)cc1. The lowest BCUT2D eigenvalue weighted by Gasteiger charge is -2.10. The Kier molecular flexibility index (Phi) is 3.24. The van der Waals surface area contributed by atoms with E-state index >= 15 is 0 Å². The van der Waals surface area contributed by atoms with Gasteiger partial charge in [0.25, 0.3) is 0 Å². The zero-order valence-corrected chi connectivity index (χ0v) is 11.4. The molecule has 2 aromatic rings. The van der Waals surface area contributed by atoms with E-state index in [4.69, 9.17) is 0 Å². The van der Waals surface area contributed by atoms with E-state index < -0.39 is 15.6 Å². The molecule has 4 nitrogen and oxygen atoms in total. The normalized spacial score (nSPS) is 11.5. The Morgan fingerprint density at radius 2 is 1.53 bits per heavy atom. The molecule has 2 aromatic carbocycles. The van der Waals surface area contributed by atoms with Crippen molar-refractivity contribution >= 4 is 9.84 Å². The van der Waals surface area contributed by atoms with Crippen LogP contribution in [0.1, 0.15) is 11.1 Å². The minimum atomic E-state index is -3.79. The highest BCUT2D eigenvalue weighted by Gasteiger charge is 2.24. The summed E-state index contributed by atoms with van der Waals surface area (Å²) < 4.78 is 24.9. The molecule has 0 aliphatic heterocycles. The zero-order chi connectivity index (χ0) is 14.2. The van der Waals surface area contributed by atoms with Crippen molar-refractivity contribution in [3.8, 4) is 11.5 Å². The first-order chi connectivity index (χ1) is 8.82. The molecule has 0 bridgehead atoms. The average Bonchev–Trinajstić information content (AvgIpc) is 2.27. The van der Waals surface area contributed by atoms with Crippen LogP contribution in [0.2, 0.25) is 0 Å². The maximum absolute atomic E-state index is 12.5. The Balaban J connectivity index is 2.67. The van der Waals surface area contributed by atoms with Crippen LogP contribution in [-0.4, -0.2) is 18.6 Å². The third kappa shape index (κ3) is 2.42. The Labute approximate surface area is 111 Å². The molecular formula is C14H14O4S. The molecule has 0 unspecified atom stereocenters. The fraction of sp³-hybridized carbons (Fsp3) is 0.143. The maximum Gasteiger partial charge on any atom is 0.210 e. The number of benzene rings is 2. The van der Waals surface area contributed by atoms with E-state index in [0.29, 0.717) is 5.56 Å². The molecule has 2 rings (SSSR count). The standard InChI is InChI=1S/C14H14O4S/c1-9-3-5-12(6-4-9)19(17,18)14-10(2)7-11(15)8-13(14)16/h3-8,15-16H,1-2H3. The van der Waals surface area contributed by atoms with Gasteiger partial charge in [-0.2, -0.15) is 0 Å². The summed E-state index contributed by atoms with van der Waals surface area (Å²) in [5.74, 6) is -0.615. The van der Waals surface area contributed by atoms with Gasteiger partial charge in [-0.05, 0) is 37.6 Å². The van der Waals surface area contributed by atoms with Gasteiger partial charge in [-0.25, -0.2) is 8.42 Å². The molecule has 0 aromatic heterocycles. The van der Waals surface area contributed by atoms with E-state index in [2.05, 4.69) is 0 Å². The van der Waals surface area contributed by atoms with Gasteiger partial charge in [0.05, 0.1) is 4.90 Å². The second-order valence-corrected chi connectivity index (χ2v) is 6.31. The van der Waals surface area contributed by atoms with Gasteiger partial charge in [0, 0.05) is 6.07 Å². The number of phenols is 2. The van der Waals surface area contributed by atoms with E-state index in [-0.39, 0.29) is 15.5 Å². The van der Waals surface area contributed by atoms with Gasteiger partial charge >= 0.3 is 0 Å². The lowest BCUT2D eigenvalue weighted by atomic mass is 10.2. The lowest BCUT2D eigenvalue weighted by molar-refractivity contribution is 0.438. The van der Waals surface area contributed by atoms with Crippen LogP contribution in [0.5, 0.6) is 11.5 Å². The summed E-state index contributed by atoms with van der Waals surface area (Å²) in [5, 5.41) is 19.1. The first-order valence-electron chi connectivity index (χ1n) is 5.66. The summed E-state index contributed by atoms with van der Waals surface area (Å²) in [6.07, 6.45) is 0. The fourth-order valence-corrected chi connectivity index (χ4v) is 3.47. The Morgan fingerprint density at radius 1 is 0.947 bits per heavy atom. The monoisotopic (exact) mass is 278 g/mol. The van der Waals surface area contributed by atoms with E-state index in [0.717, 1.165) is 11.6 Å². The Bertz CT molecular complexity index is 693. The van der Waals surface area contributed by atoms with Crippen molar-refractivity contribution < 1.29 is 18.6 Å². The molecule has 0 heterocycles. The third-order valence-electron chi connectivity index (χ3n) is 2.84. The second kappa shape index (κ2) is 4.59. The number of hydrogen-bond donors (Lipinski definition) is 2. The molecule has 0 atom stereocenters. The van der Waals surface area contributed by atoms with Crippen molar-refractivity contribution in [3.63, 3.8) is 0 Å². The maximum atomic E-state index is 12.5. The molecule has 0 saturated heterocycles. The molecule has 0 aliphatic rings. The molecule has 2 N–H and O–H groups in total. The molecule has 0 saturated carbocycles. The zero-order valence-electron chi connectivity index (χ0n) is 10.6. The minimum absolute atomic E-state index is 0.113. The quantitative estimate of drug-likeness (QED) is 0.885. The highest BCUT2D eigenvalue weighted by molar-refractivity contribution is 7.91. The number of aromatic hydroxyl groups is 2. The molecule has 0 fully saturated rings. The number of rotatable bonds is 2. The van der Waals surface area contributed by atoms with Gasteiger partial charge in [-0.1, -0.05) is 17.7 Å². The van der Waals surface area contributed by atoms with Crippen molar-refractivity contribution in [1.82, 2.24) is 0 Å². The third-order valence-corrected chi connectivity index (χ3v) is 4.80.